The lowest BCUT2D eigenvalue weighted by molar-refractivity contribution is 0.418. The highest BCUT2D eigenvalue weighted by molar-refractivity contribution is 9.10. The summed E-state index contributed by atoms with van der Waals surface area (Å²) < 4.78 is 6.37. The molecule has 0 bridgehead atoms. The molecule has 1 aromatic carbocycles. The molecule has 2 aromatic rings. The van der Waals surface area contributed by atoms with Crippen molar-refractivity contribution in [2.45, 2.75) is 19.8 Å². The van der Waals surface area contributed by atoms with Gasteiger partial charge in [0.1, 0.15) is 11.3 Å². The van der Waals surface area contributed by atoms with Gasteiger partial charge in [-0.25, -0.2) is 0 Å². The van der Waals surface area contributed by atoms with Crippen molar-refractivity contribution in [3.05, 3.63) is 34.4 Å². The summed E-state index contributed by atoms with van der Waals surface area (Å²) in [5, 5.41) is 1.12. The van der Waals surface area contributed by atoms with Gasteiger partial charge in [-0.15, -0.1) is 0 Å². The van der Waals surface area contributed by atoms with Gasteiger partial charge in [0.15, 0.2) is 0 Å². The van der Waals surface area contributed by atoms with Crippen LogP contribution in [0, 0.1) is 0 Å². The van der Waals surface area contributed by atoms with Crippen LogP contribution in [0.3, 0.4) is 0 Å². The number of methoxy groups -OCH3 is 1. The van der Waals surface area contributed by atoms with Crippen molar-refractivity contribution in [2.75, 3.05) is 7.11 Å². The molecule has 0 atom stereocenters. The fourth-order valence-corrected chi connectivity index (χ4v) is 2.19. The smallest absolute Gasteiger partial charge is 0.145 e. The van der Waals surface area contributed by atoms with E-state index in [1.165, 1.54) is 5.56 Å². The Labute approximate surface area is 104 Å². The molecule has 0 radical (unpaired) electrons. The van der Waals surface area contributed by atoms with Gasteiger partial charge in [0.25, 0.3) is 0 Å². The second-order valence-corrected chi connectivity index (χ2v) is 4.69. The number of halogens is 1. The van der Waals surface area contributed by atoms with E-state index in [1.807, 2.05) is 0 Å². The highest BCUT2D eigenvalue weighted by Gasteiger charge is 2.06. The lowest BCUT2D eigenvalue weighted by Gasteiger charge is -2.08. The Morgan fingerprint density at radius 2 is 2.12 bits per heavy atom. The maximum absolute atomic E-state index is 5.38. The van der Waals surface area contributed by atoms with Gasteiger partial charge in [-0.1, -0.05) is 13.3 Å². The Balaban J connectivity index is 2.63. The molecule has 1 aromatic heterocycles. The van der Waals surface area contributed by atoms with Gasteiger partial charge in [-0.05, 0) is 46.1 Å². The molecule has 0 spiro atoms. The van der Waals surface area contributed by atoms with Crippen LogP contribution in [0.4, 0.5) is 0 Å². The van der Waals surface area contributed by atoms with E-state index in [2.05, 4.69) is 46.0 Å². The van der Waals surface area contributed by atoms with E-state index in [0.29, 0.717) is 0 Å². The number of rotatable bonds is 3. The fraction of sp³-hybridized carbons (Fsp3) is 0.308. The zero-order chi connectivity index (χ0) is 11.5. The van der Waals surface area contributed by atoms with Crippen LogP contribution in [0.5, 0.6) is 5.75 Å². The quantitative estimate of drug-likeness (QED) is 0.849. The second-order valence-electron chi connectivity index (χ2n) is 3.77. The van der Waals surface area contributed by atoms with Gasteiger partial charge >= 0.3 is 0 Å². The Morgan fingerprint density at radius 1 is 1.31 bits per heavy atom. The monoisotopic (exact) mass is 279 g/mol. The largest absolute Gasteiger partial charge is 0.494 e. The first-order valence-electron chi connectivity index (χ1n) is 5.36. The Hall–Kier alpha value is -1.09. The number of aryl methyl sites for hydroxylation is 1. The number of benzene rings is 1. The third-order valence-electron chi connectivity index (χ3n) is 2.53. The first kappa shape index (κ1) is 11.4. The van der Waals surface area contributed by atoms with E-state index in [9.17, 15) is 0 Å². The van der Waals surface area contributed by atoms with Crippen LogP contribution < -0.4 is 4.74 Å². The number of pyridine rings is 1. The average Bonchev–Trinajstić information content (AvgIpc) is 2.27. The summed E-state index contributed by atoms with van der Waals surface area (Å²) >= 11 is 3.44. The van der Waals surface area contributed by atoms with Crippen LogP contribution in [0.25, 0.3) is 10.9 Å². The number of hydrogen-bond acceptors (Lipinski definition) is 2. The molecule has 3 heteroatoms. The Kier molecular flexibility index (Phi) is 3.44. The number of fused-ring (bicyclic) bond motifs is 1. The normalized spacial score (nSPS) is 10.7. The average molecular weight is 280 g/mol. The highest BCUT2D eigenvalue weighted by Crippen LogP contribution is 2.28. The molecule has 0 saturated heterocycles. The van der Waals surface area contributed by atoms with E-state index in [1.54, 1.807) is 13.3 Å². The van der Waals surface area contributed by atoms with E-state index >= 15 is 0 Å². The minimum absolute atomic E-state index is 0.855. The van der Waals surface area contributed by atoms with E-state index in [4.69, 9.17) is 4.74 Å². The van der Waals surface area contributed by atoms with Crippen LogP contribution in [0.2, 0.25) is 0 Å². The first-order valence-corrected chi connectivity index (χ1v) is 6.16. The molecule has 16 heavy (non-hydrogen) atoms. The minimum atomic E-state index is 0.855. The third kappa shape index (κ3) is 2.19. The van der Waals surface area contributed by atoms with Crippen molar-refractivity contribution in [3.8, 4) is 5.75 Å². The predicted molar refractivity (Wildman–Crippen MR) is 70.0 cm³/mol. The molecule has 0 aliphatic rings. The van der Waals surface area contributed by atoms with Crippen LogP contribution in [0.1, 0.15) is 18.9 Å². The molecule has 0 aliphatic heterocycles. The van der Waals surface area contributed by atoms with E-state index in [0.717, 1.165) is 34.0 Å². The van der Waals surface area contributed by atoms with Crippen LogP contribution >= 0.6 is 15.9 Å². The molecule has 2 rings (SSSR count). The number of aromatic nitrogens is 1. The van der Waals surface area contributed by atoms with Gasteiger partial charge in [0.05, 0.1) is 7.11 Å². The summed E-state index contributed by atoms with van der Waals surface area (Å²) in [6, 6.07) is 6.33. The summed E-state index contributed by atoms with van der Waals surface area (Å²) in [5.41, 5.74) is 2.22. The molecule has 0 aliphatic carbocycles. The standard InChI is InChI=1S/C13H14BrNO/c1-3-4-9-5-10-7-11(14)8-15-13(10)12(6-9)16-2/h5-8H,3-4H2,1-2H3. The summed E-state index contributed by atoms with van der Waals surface area (Å²) in [6.07, 6.45) is 4.00. The van der Waals surface area contributed by atoms with Gasteiger partial charge in [-0.3, -0.25) is 4.98 Å². The van der Waals surface area contributed by atoms with Crippen molar-refractivity contribution in [2.24, 2.45) is 0 Å². The Bertz CT molecular complexity index is 511. The number of nitrogens with zero attached hydrogens (tertiary/aromatic N) is 1. The van der Waals surface area contributed by atoms with Gasteiger partial charge in [-0.2, -0.15) is 0 Å². The lowest BCUT2D eigenvalue weighted by atomic mass is 10.1. The van der Waals surface area contributed by atoms with E-state index in [-0.39, 0.29) is 0 Å². The summed E-state index contributed by atoms with van der Waals surface area (Å²) in [7, 11) is 1.69. The predicted octanol–water partition coefficient (Wildman–Crippen LogP) is 3.96. The zero-order valence-corrected chi connectivity index (χ0v) is 11.0. The molecule has 0 fully saturated rings. The van der Waals surface area contributed by atoms with Gasteiger partial charge in [0.2, 0.25) is 0 Å². The fourth-order valence-electron chi connectivity index (χ4n) is 1.84. The van der Waals surface area contributed by atoms with Crippen molar-refractivity contribution >= 4 is 26.8 Å². The molecule has 0 amide bonds. The second kappa shape index (κ2) is 4.83. The molecule has 0 saturated carbocycles. The number of ether oxygens (including phenoxy) is 1. The maximum atomic E-state index is 5.38. The molecule has 1 heterocycles. The SMILES string of the molecule is CCCc1cc(OC)c2ncc(Br)cc2c1. The van der Waals surface area contributed by atoms with Gasteiger partial charge < -0.3 is 4.74 Å². The van der Waals surface area contributed by atoms with Gasteiger partial charge in [0, 0.05) is 16.1 Å². The highest BCUT2D eigenvalue weighted by atomic mass is 79.9. The topological polar surface area (TPSA) is 22.1 Å². The zero-order valence-electron chi connectivity index (χ0n) is 9.46. The maximum Gasteiger partial charge on any atom is 0.145 e. The molecular weight excluding hydrogens is 266 g/mol. The summed E-state index contributed by atoms with van der Waals surface area (Å²) in [4.78, 5) is 4.38. The van der Waals surface area contributed by atoms with Crippen molar-refractivity contribution in [1.29, 1.82) is 0 Å². The first-order chi connectivity index (χ1) is 7.74. The summed E-state index contributed by atoms with van der Waals surface area (Å²) in [5.74, 6) is 0.855. The summed E-state index contributed by atoms with van der Waals surface area (Å²) in [6.45, 7) is 2.18. The minimum Gasteiger partial charge on any atom is -0.494 e. The molecule has 0 unspecified atom stereocenters. The lowest BCUT2D eigenvalue weighted by Crippen LogP contribution is -1.91. The van der Waals surface area contributed by atoms with Crippen molar-refractivity contribution in [1.82, 2.24) is 4.98 Å². The molecular formula is C13H14BrNO. The molecule has 2 nitrogen and oxygen atoms in total. The van der Waals surface area contributed by atoms with Crippen LogP contribution in [-0.4, -0.2) is 12.1 Å². The molecule has 0 N–H and O–H groups in total. The van der Waals surface area contributed by atoms with Crippen molar-refractivity contribution < 1.29 is 4.74 Å². The third-order valence-corrected chi connectivity index (χ3v) is 2.97. The Morgan fingerprint density at radius 3 is 2.81 bits per heavy atom. The van der Waals surface area contributed by atoms with Crippen LogP contribution in [0.15, 0.2) is 28.9 Å². The van der Waals surface area contributed by atoms with Crippen molar-refractivity contribution in [3.63, 3.8) is 0 Å². The van der Waals surface area contributed by atoms with Crippen LogP contribution in [-0.2, 0) is 6.42 Å². The number of hydrogen-bond donors (Lipinski definition) is 0. The molecule has 84 valence electrons. The van der Waals surface area contributed by atoms with E-state index < -0.39 is 0 Å².